The highest BCUT2D eigenvalue weighted by Gasteiger charge is 2.28. The van der Waals surface area contributed by atoms with Crippen LogP contribution in [0.4, 0.5) is 0 Å². The van der Waals surface area contributed by atoms with Crippen LogP contribution >= 0.6 is 0 Å². The van der Waals surface area contributed by atoms with Gasteiger partial charge in [-0.1, -0.05) is 19.1 Å². The minimum Gasteiger partial charge on any atom is -0.476 e. The lowest BCUT2D eigenvalue weighted by atomic mass is 9.86. The molecular weight excluding hydrogens is 244 g/mol. The van der Waals surface area contributed by atoms with Gasteiger partial charge in [0.1, 0.15) is 0 Å². The number of carbonyl (C=O) groups is 1. The first kappa shape index (κ1) is 14.0. The fraction of sp³-hybridized carbons (Fsp3) is 0.769. The molecule has 3 atom stereocenters. The molecule has 1 aromatic heterocycles. The van der Waals surface area contributed by atoms with Crippen molar-refractivity contribution in [1.82, 2.24) is 19.9 Å². The third-order valence-electron chi connectivity index (χ3n) is 4.09. The van der Waals surface area contributed by atoms with Crippen LogP contribution in [-0.4, -0.2) is 50.1 Å². The van der Waals surface area contributed by atoms with Crippen LogP contribution in [0.5, 0.6) is 0 Å². The summed E-state index contributed by atoms with van der Waals surface area (Å²) in [6, 6.07) is 0.568. The lowest BCUT2D eigenvalue weighted by molar-refractivity contribution is 0.0690. The maximum absolute atomic E-state index is 10.7. The van der Waals surface area contributed by atoms with Crippen molar-refractivity contribution in [2.45, 2.75) is 39.8 Å². The molecule has 0 aliphatic carbocycles. The van der Waals surface area contributed by atoms with E-state index in [2.05, 4.69) is 36.0 Å². The number of aromatic carboxylic acids is 1. The van der Waals surface area contributed by atoms with Gasteiger partial charge in [0.25, 0.3) is 0 Å². The number of carboxylic acid groups (broad SMARTS) is 1. The number of carboxylic acids is 1. The molecule has 1 aliphatic heterocycles. The molecule has 3 unspecified atom stereocenters. The third kappa shape index (κ3) is 3.32. The molecule has 106 valence electrons. The molecule has 0 bridgehead atoms. The molecular formula is C13H22N4O2. The van der Waals surface area contributed by atoms with Crippen molar-refractivity contribution in [2.75, 3.05) is 13.1 Å². The topological polar surface area (TPSA) is 71.2 Å². The summed E-state index contributed by atoms with van der Waals surface area (Å²) in [5, 5.41) is 16.3. The van der Waals surface area contributed by atoms with Gasteiger partial charge in [0.05, 0.1) is 12.7 Å². The molecule has 0 saturated carbocycles. The van der Waals surface area contributed by atoms with E-state index in [0.29, 0.717) is 18.5 Å². The van der Waals surface area contributed by atoms with Crippen molar-refractivity contribution >= 4 is 5.97 Å². The van der Waals surface area contributed by atoms with Gasteiger partial charge < -0.3 is 5.11 Å². The fourth-order valence-electron chi connectivity index (χ4n) is 2.86. The average Bonchev–Trinajstić information content (AvgIpc) is 2.81. The standard InChI is InChI=1S/C13H22N4O2/c1-9-6-10(2)11(3)16(7-9)4-5-17-8-12(13(18)19)14-15-17/h8-11H,4-7H2,1-3H3,(H,18,19). The maximum atomic E-state index is 10.7. The molecule has 6 heteroatoms. The number of rotatable bonds is 4. The molecule has 0 spiro atoms. The summed E-state index contributed by atoms with van der Waals surface area (Å²) < 4.78 is 1.61. The van der Waals surface area contributed by atoms with Gasteiger partial charge in [0.15, 0.2) is 5.69 Å². The van der Waals surface area contributed by atoms with Gasteiger partial charge in [-0.25, -0.2) is 4.79 Å². The van der Waals surface area contributed by atoms with Crippen LogP contribution in [0.2, 0.25) is 0 Å². The number of aromatic nitrogens is 3. The van der Waals surface area contributed by atoms with E-state index in [-0.39, 0.29) is 5.69 Å². The van der Waals surface area contributed by atoms with Gasteiger partial charge in [-0.05, 0) is 25.2 Å². The molecule has 1 N–H and O–H groups in total. The minimum absolute atomic E-state index is 0.00780. The summed E-state index contributed by atoms with van der Waals surface area (Å²) >= 11 is 0. The third-order valence-corrected chi connectivity index (χ3v) is 4.09. The largest absolute Gasteiger partial charge is 0.476 e. The van der Waals surface area contributed by atoms with E-state index in [4.69, 9.17) is 5.11 Å². The van der Waals surface area contributed by atoms with Crippen molar-refractivity contribution in [2.24, 2.45) is 11.8 Å². The summed E-state index contributed by atoms with van der Waals surface area (Å²) in [6.45, 7) is 9.52. The molecule has 19 heavy (non-hydrogen) atoms. The van der Waals surface area contributed by atoms with Crippen molar-refractivity contribution in [3.05, 3.63) is 11.9 Å². The predicted molar refractivity (Wildman–Crippen MR) is 71.0 cm³/mol. The van der Waals surface area contributed by atoms with Gasteiger partial charge in [-0.3, -0.25) is 9.58 Å². The van der Waals surface area contributed by atoms with Gasteiger partial charge >= 0.3 is 5.97 Å². The second-order valence-corrected chi connectivity index (χ2v) is 5.73. The number of piperidine rings is 1. The molecule has 1 saturated heterocycles. The van der Waals surface area contributed by atoms with Crippen LogP contribution in [0.25, 0.3) is 0 Å². The molecule has 6 nitrogen and oxygen atoms in total. The zero-order valence-corrected chi connectivity index (χ0v) is 11.8. The van der Waals surface area contributed by atoms with Crippen LogP contribution in [0, 0.1) is 11.8 Å². The van der Waals surface area contributed by atoms with E-state index in [9.17, 15) is 4.79 Å². The average molecular weight is 266 g/mol. The Kier molecular flexibility index (Phi) is 4.19. The second kappa shape index (κ2) is 5.69. The Labute approximate surface area is 113 Å². The summed E-state index contributed by atoms with van der Waals surface area (Å²) in [4.78, 5) is 13.2. The summed E-state index contributed by atoms with van der Waals surface area (Å²) in [5.41, 5.74) is 0.00780. The Morgan fingerprint density at radius 1 is 1.42 bits per heavy atom. The van der Waals surface area contributed by atoms with E-state index in [0.717, 1.165) is 19.0 Å². The number of nitrogens with zero attached hydrogens (tertiary/aromatic N) is 4. The zero-order chi connectivity index (χ0) is 14.0. The monoisotopic (exact) mass is 266 g/mol. The quantitative estimate of drug-likeness (QED) is 0.890. The van der Waals surface area contributed by atoms with Gasteiger partial charge in [0, 0.05) is 19.1 Å². The molecule has 2 rings (SSSR count). The molecule has 0 radical (unpaired) electrons. The molecule has 0 aromatic carbocycles. The molecule has 2 heterocycles. The summed E-state index contributed by atoms with van der Waals surface area (Å²) in [5.74, 6) is 0.394. The maximum Gasteiger partial charge on any atom is 0.358 e. The first-order chi connectivity index (χ1) is 8.97. The molecule has 0 amide bonds. The highest BCUT2D eigenvalue weighted by molar-refractivity contribution is 5.84. The van der Waals surface area contributed by atoms with E-state index in [1.165, 1.54) is 12.6 Å². The van der Waals surface area contributed by atoms with E-state index in [1.54, 1.807) is 4.68 Å². The van der Waals surface area contributed by atoms with Gasteiger partial charge in [0.2, 0.25) is 0 Å². The number of likely N-dealkylation sites (tertiary alicyclic amines) is 1. The van der Waals surface area contributed by atoms with E-state index < -0.39 is 5.97 Å². The van der Waals surface area contributed by atoms with Crippen LogP contribution in [-0.2, 0) is 6.54 Å². The molecule has 1 aliphatic rings. The Morgan fingerprint density at radius 3 is 2.79 bits per heavy atom. The predicted octanol–water partition coefficient (Wildman–Crippen LogP) is 1.34. The summed E-state index contributed by atoms with van der Waals surface area (Å²) in [6.07, 6.45) is 2.77. The van der Waals surface area contributed by atoms with Crippen molar-refractivity contribution in [3.8, 4) is 0 Å². The zero-order valence-electron chi connectivity index (χ0n) is 11.8. The molecule has 1 aromatic rings. The lowest BCUT2D eigenvalue weighted by Crippen LogP contribution is -2.46. The normalized spacial score (nSPS) is 28.5. The van der Waals surface area contributed by atoms with Gasteiger partial charge in [-0.2, -0.15) is 0 Å². The molecule has 1 fully saturated rings. The van der Waals surface area contributed by atoms with Gasteiger partial charge in [-0.15, -0.1) is 5.10 Å². The van der Waals surface area contributed by atoms with Crippen LogP contribution in [0.1, 0.15) is 37.7 Å². The Balaban J connectivity index is 1.91. The van der Waals surface area contributed by atoms with Crippen molar-refractivity contribution < 1.29 is 9.90 Å². The Hall–Kier alpha value is -1.43. The highest BCUT2D eigenvalue weighted by atomic mass is 16.4. The Bertz CT molecular complexity index is 446. The second-order valence-electron chi connectivity index (χ2n) is 5.73. The van der Waals surface area contributed by atoms with E-state index in [1.807, 2.05) is 0 Å². The first-order valence-corrected chi connectivity index (χ1v) is 6.85. The minimum atomic E-state index is -1.03. The lowest BCUT2D eigenvalue weighted by Gasteiger charge is -2.41. The van der Waals surface area contributed by atoms with Crippen LogP contribution in [0.15, 0.2) is 6.20 Å². The smallest absolute Gasteiger partial charge is 0.358 e. The van der Waals surface area contributed by atoms with Crippen LogP contribution < -0.4 is 0 Å². The van der Waals surface area contributed by atoms with E-state index >= 15 is 0 Å². The van der Waals surface area contributed by atoms with Crippen LogP contribution in [0.3, 0.4) is 0 Å². The number of hydrogen-bond donors (Lipinski definition) is 1. The summed E-state index contributed by atoms with van der Waals surface area (Å²) in [7, 11) is 0. The van der Waals surface area contributed by atoms with Crippen molar-refractivity contribution in [3.63, 3.8) is 0 Å². The first-order valence-electron chi connectivity index (χ1n) is 6.85. The SMILES string of the molecule is CC1CC(C)C(C)N(CCn2cc(C(=O)O)nn2)C1. The fourth-order valence-corrected chi connectivity index (χ4v) is 2.86. The number of hydrogen-bond acceptors (Lipinski definition) is 4. The van der Waals surface area contributed by atoms with Crippen molar-refractivity contribution in [1.29, 1.82) is 0 Å². The highest BCUT2D eigenvalue weighted by Crippen LogP contribution is 2.26. The Morgan fingerprint density at radius 2 is 2.16 bits per heavy atom.